The topological polar surface area (TPSA) is 160 Å². The Morgan fingerprint density at radius 3 is 2.30 bits per heavy atom. The van der Waals surface area contributed by atoms with E-state index in [-0.39, 0.29) is 26.0 Å². The quantitative estimate of drug-likeness (QED) is 0.325. The molecule has 1 aliphatic heterocycles. The van der Waals surface area contributed by atoms with Crippen LogP contribution in [0.25, 0.3) is 10.8 Å². The zero-order valence-electron chi connectivity index (χ0n) is 28.1. The van der Waals surface area contributed by atoms with E-state index in [0.717, 1.165) is 22.6 Å². The molecule has 12 nitrogen and oxygen atoms in total. The molecule has 1 saturated carbocycles. The van der Waals surface area contributed by atoms with Crippen molar-refractivity contribution in [3.8, 4) is 0 Å². The standard InChI is InChI=1S/C34H46N4O8S/c1-9-24-18-34(24,30(41)37-47(8,43)44)36-28(39)26-17-25(45-20-21-14-15-22-12-10-11-13-23(22)16-21)19-38(26)29(40)27(32(2,3)4)35-31(42)46-33(5,6)7/h9-16,24-27H,1,17-20H2,2-8H3,(H,35,42)(H,36,39)(H,37,41)/t24?,25-,26+,27?,34?/m1/s1. The van der Waals surface area contributed by atoms with Gasteiger partial charge in [-0.05, 0) is 55.0 Å². The van der Waals surface area contributed by atoms with Crippen molar-refractivity contribution >= 4 is 44.6 Å². The molecule has 1 saturated heterocycles. The Labute approximate surface area is 276 Å². The van der Waals surface area contributed by atoms with Gasteiger partial charge in [-0.2, -0.15) is 0 Å². The molecular weight excluding hydrogens is 624 g/mol. The van der Waals surface area contributed by atoms with Crippen LogP contribution in [-0.2, 0) is 40.5 Å². The van der Waals surface area contributed by atoms with Crippen LogP contribution in [0.3, 0.4) is 0 Å². The highest BCUT2D eigenvalue weighted by Gasteiger charge is 2.61. The number of rotatable bonds is 10. The number of fused-ring (bicyclic) bond motifs is 1. The van der Waals surface area contributed by atoms with Gasteiger partial charge in [0.25, 0.3) is 5.91 Å². The monoisotopic (exact) mass is 670 g/mol. The summed E-state index contributed by atoms with van der Waals surface area (Å²) < 4.78 is 37.4. The highest BCUT2D eigenvalue weighted by molar-refractivity contribution is 7.89. The van der Waals surface area contributed by atoms with E-state index < -0.39 is 74.5 Å². The van der Waals surface area contributed by atoms with Gasteiger partial charge in [-0.15, -0.1) is 6.58 Å². The Bertz CT molecular complexity index is 1660. The largest absolute Gasteiger partial charge is 0.444 e. The Hall–Kier alpha value is -3.97. The van der Waals surface area contributed by atoms with Crippen LogP contribution in [0, 0.1) is 11.3 Å². The minimum atomic E-state index is -3.91. The van der Waals surface area contributed by atoms with E-state index in [1.807, 2.05) is 47.2 Å². The van der Waals surface area contributed by atoms with Gasteiger partial charge in [0.1, 0.15) is 23.2 Å². The molecule has 1 heterocycles. The zero-order valence-corrected chi connectivity index (χ0v) is 28.9. The number of likely N-dealkylation sites (tertiary alicyclic amines) is 1. The van der Waals surface area contributed by atoms with Crippen LogP contribution in [0.15, 0.2) is 55.1 Å². The molecule has 2 aliphatic rings. The van der Waals surface area contributed by atoms with E-state index in [2.05, 4.69) is 17.2 Å². The van der Waals surface area contributed by atoms with Crippen LogP contribution < -0.4 is 15.4 Å². The molecule has 0 spiro atoms. The molecule has 5 atom stereocenters. The number of hydrogen-bond acceptors (Lipinski definition) is 8. The molecule has 1 aliphatic carbocycles. The molecule has 13 heteroatoms. The summed E-state index contributed by atoms with van der Waals surface area (Å²) >= 11 is 0. The fourth-order valence-electron chi connectivity index (χ4n) is 5.79. The van der Waals surface area contributed by atoms with E-state index in [9.17, 15) is 27.6 Å². The SMILES string of the molecule is C=CC1CC1(NC(=O)[C@@H]1C[C@@H](OCc2ccc3ccccc3c2)CN1C(=O)C(NC(=O)OC(C)(C)C)C(C)(C)C)C(=O)NS(C)(=O)=O. The van der Waals surface area contributed by atoms with Gasteiger partial charge in [-0.25, -0.2) is 13.2 Å². The summed E-state index contributed by atoms with van der Waals surface area (Å²) in [6.07, 6.45) is 1.26. The maximum absolute atomic E-state index is 14.2. The summed E-state index contributed by atoms with van der Waals surface area (Å²) in [5, 5.41) is 7.56. The van der Waals surface area contributed by atoms with Crippen molar-refractivity contribution in [3.63, 3.8) is 0 Å². The number of ether oxygens (including phenoxy) is 2. The zero-order chi connectivity index (χ0) is 34.9. The summed E-state index contributed by atoms with van der Waals surface area (Å²) in [6.45, 7) is 14.5. The summed E-state index contributed by atoms with van der Waals surface area (Å²) in [6, 6.07) is 11.8. The summed E-state index contributed by atoms with van der Waals surface area (Å²) in [4.78, 5) is 55.4. The van der Waals surface area contributed by atoms with E-state index >= 15 is 0 Å². The molecule has 0 bridgehead atoms. The first kappa shape index (κ1) is 35.9. The fraction of sp³-hybridized carbons (Fsp3) is 0.529. The molecule has 2 fully saturated rings. The number of benzene rings is 2. The minimum Gasteiger partial charge on any atom is -0.444 e. The van der Waals surface area contributed by atoms with Gasteiger partial charge in [0.05, 0.1) is 19.0 Å². The van der Waals surface area contributed by atoms with Crippen LogP contribution in [0.1, 0.15) is 59.9 Å². The lowest BCUT2D eigenvalue weighted by Gasteiger charge is -2.36. The van der Waals surface area contributed by atoms with Crippen LogP contribution >= 0.6 is 0 Å². The second-order valence-corrected chi connectivity index (χ2v) is 16.3. The van der Waals surface area contributed by atoms with Crippen molar-refractivity contribution < 1.29 is 37.1 Å². The van der Waals surface area contributed by atoms with E-state index in [1.54, 1.807) is 41.5 Å². The average Bonchev–Trinajstić information content (AvgIpc) is 3.50. The van der Waals surface area contributed by atoms with Gasteiger partial charge in [-0.1, -0.05) is 63.2 Å². The molecular formula is C34H46N4O8S. The van der Waals surface area contributed by atoms with E-state index in [4.69, 9.17) is 9.47 Å². The van der Waals surface area contributed by atoms with E-state index in [1.165, 1.54) is 11.0 Å². The molecule has 2 aromatic carbocycles. The molecule has 2 aromatic rings. The maximum atomic E-state index is 14.2. The van der Waals surface area contributed by atoms with Gasteiger partial charge < -0.3 is 25.0 Å². The third-order valence-electron chi connectivity index (χ3n) is 8.25. The van der Waals surface area contributed by atoms with Crippen molar-refractivity contribution in [1.29, 1.82) is 0 Å². The third kappa shape index (κ3) is 8.89. The number of carbonyl (C=O) groups excluding carboxylic acids is 4. The minimum absolute atomic E-state index is 0.0422. The lowest BCUT2D eigenvalue weighted by molar-refractivity contribution is -0.143. The maximum Gasteiger partial charge on any atom is 0.408 e. The van der Waals surface area contributed by atoms with Gasteiger partial charge >= 0.3 is 6.09 Å². The molecule has 47 heavy (non-hydrogen) atoms. The van der Waals surface area contributed by atoms with Crippen LogP contribution in [0.4, 0.5) is 4.79 Å². The fourth-order valence-corrected chi connectivity index (χ4v) is 6.31. The Morgan fingerprint density at radius 1 is 1.06 bits per heavy atom. The van der Waals surface area contributed by atoms with Gasteiger partial charge in [0.15, 0.2) is 0 Å². The molecule has 4 amide bonds. The third-order valence-corrected chi connectivity index (χ3v) is 8.81. The van der Waals surface area contributed by atoms with Gasteiger partial charge in [0.2, 0.25) is 21.8 Å². The van der Waals surface area contributed by atoms with Crippen molar-refractivity contribution in [1.82, 2.24) is 20.3 Å². The van der Waals surface area contributed by atoms with E-state index in [0.29, 0.717) is 0 Å². The number of sulfonamides is 1. The second kappa shape index (κ2) is 13.3. The van der Waals surface area contributed by atoms with Crippen molar-refractivity contribution in [2.45, 2.75) is 90.3 Å². The van der Waals surface area contributed by atoms with Crippen LogP contribution in [0.2, 0.25) is 0 Å². The molecule has 0 aromatic heterocycles. The average molecular weight is 671 g/mol. The summed E-state index contributed by atoms with van der Waals surface area (Å²) in [7, 11) is -3.91. The Morgan fingerprint density at radius 2 is 1.72 bits per heavy atom. The number of nitrogens with one attached hydrogen (secondary N) is 3. The molecule has 3 unspecified atom stereocenters. The lowest BCUT2D eigenvalue weighted by Crippen LogP contribution is -2.60. The Balaban J connectivity index is 1.60. The number of hydrogen-bond donors (Lipinski definition) is 3. The van der Waals surface area contributed by atoms with Crippen molar-refractivity contribution in [2.24, 2.45) is 11.3 Å². The van der Waals surface area contributed by atoms with Crippen molar-refractivity contribution in [2.75, 3.05) is 12.8 Å². The number of nitrogens with zero attached hydrogens (tertiary/aromatic N) is 1. The number of alkyl carbamates (subject to hydrolysis) is 1. The molecule has 3 N–H and O–H groups in total. The summed E-state index contributed by atoms with van der Waals surface area (Å²) in [5.41, 5.74) is -2.20. The molecule has 256 valence electrons. The Kier molecular flexibility index (Phi) is 10.1. The predicted molar refractivity (Wildman–Crippen MR) is 177 cm³/mol. The first-order valence-corrected chi connectivity index (χ1v) is 17.5. The second-order valence-electron chi connectivity index (χ2n) is 14.5. The normalized spacial score (nSPS) is 23.5. The first-order chi connectivity index (χ1) is 21.7. The number of carbonyl (C=O) groups is 4. The van der Waals surface area contributed by atoms with Crippen LogP contribution in [0.5, 0.6) is 0 Å². The molecule has 4 rings (SSSR count). The molecule has 0 radical (unpaired) electrons. The lowest BCUT2D eigenvalue weighted by atomic mass is 9.85. The highest BCUT2D eigenvalue weighted by Crippen LogP contribution is 2.45. The van der Waals surface area contributed by atoms with Gasteiger partial charge in [-0.3, -0.25) is 19.1 Å². The van der Waals surface area contributed by atoms with Crippen molar-refractivity contribution in [3.05, 3.63) is 60.7 Å². The van der Waals surface area contributed by atoms with Gasteiger partial charge in [0, 0.05) is 18.9 Å². The highest BCUT2D eigenvalue weighted by atomic mass is 32.2. The smallest absolute Gasteiger partial charge is 0.408 e. The number of amides is 4. The predicted octanol–water partition coefficient (Wildman–Crippen LogP) is 3.40. The van der Waals surface area contributed by atoms with Crippen LogP contribution in [-0.4, -0.2) is 79.3 Å². The summed E-state index contributed by atoms with van der Waals surface area (Å²) in [5.74, 6) is -2.55. The first-order valence-electron chi connectivity index (χ1n) is 15.6.